The Kier molecular flexibility index (Phi) is 5.36. The molecule has 37 heavy (non-hydrogen) atoms. The van der Waals surface area contributed by atoms with Crippen molar-refractivity contribution in [2.24, 2.45) is 5.41 Å². The minimum atomic E-state index is -0.229. The molecule has 2 fully saturated rings. The van der Waals surface area contributed by atoms with Crippen molar-refractivity contribution < 1.29 is 23.7 Å². The van der Waals surface area contributed by atoms with Gasteiger partial charge >= 0.3 is 0 Å². The molecule has 188 valence electrons. The zero-order chi connectivity index (χ0) is 25.9. The minimum Gasteiger partial charge on any atom is -0.361 e. The van der Waals surface area contributed by atoms with Crippen LogP contribution in [-0.2, 0) is 0 Å². The SMILES string of the molecule is Cc1noc(C)c1C(=O)N1CCC2(CCN(C(=O)c3ccc4c(c3)C(=O)c3ccccc3C4=O)C2)CC1. The summed E-state index contributed by atoms with van der Waals surface area (Å²) in [5.74, 6) is -0.0654. The summed E-state index contributed by atoms with van der Waals surface area (Å²) in [5, 5.41) is 3.90. The third-order valence-corrected chi connectivity index (χ3v) is 8.26. The summed E-state index contributed by atoms with van der Waals surface area (Å²) < 4.78 is 5.17. The third kappa shape index (κ3) is 3.70. The van der Waals surface area contributed by atoms with Crippen LogP contribution in [-0.4, -0.2) is 64.5 Å². The van der Waals surface area contributed by atoms with E-state index in [1.54, 1.807) is 56.3 Å². The second kappa shape index (κ2) is 8.50. The summed E-state index contributed by atoms with van der Waals surface area (Å²) in [6.45, 7) is 6.02. The molecule has 1 aromatic heterocycles. The van der Waals surface area contributed by atoms with Crippen LogP contribution in [0.5, 0.6) is 0 Å². The third-order valence-electron chi connectivity index (χ3n) is 8.26. The molecule has 8 nitrogen and oxygen atoms in total. The number of aryl methyl sites for hydroxylation is 2. The minimum absolute atomic E-state index is 0.0237. The van der Waals surface area contributed by atoms with Gasteiger partial charge in [-0.3, -0.25) is 19.2 Å². The Balaban J connectivity index is 1.16. The van der Waals surface area contributed by atoms with Gasteiger partial charge in [0.1, 0.15) is 11.3 Å². The molecule has 3 aliphatic rings. The quantitative estimate of drug-likeness (QED) is 0.417. The highest BCUT2D eigenvalue weighted by atomic mass is 16.5. The number of fused-ring (bicyclic) bond motifs is 2. The van der Waals surface area contributed by atoms with Gasteiger partial charge in [0.25, 0.3) is 11.8 Å². The van der Waals surface area contributed by atoms with Crippen LogP contribution < -0.4 is 0 Å². The maximum Gasteiger partial charge on any atom is 0.259 e. The van der Waals surface area contributed by atoms with Crippen molar-refractivity contribution >= 4 is 23.4 Å². The summed E-state index contributed by atoms with van der Waals surface area (Å²) in [7, 11) is 0. The average Bonchev–Trinajstić information content (AvgIpc) is 3.49. The highest BCUT2D eigenvalue weighted by Crippen LogP contribution is 2.41. The first-order valence-corrected chi connectivity index (χ1v) is 12.6. The lowest BCUT2D eigenvalue weighted by atomic mass is 9.77. The van der Waals surface area contributed by atoms with Gasteiger partial charge in [-0.05, 0) is 56.7 Å². The van der Waals surface area contributed by atoms with E-state index in [1.165, 1.54) is 0 Å². The smallest absolute Gasteiger partial charge is 0.259 e. The zero-order valence-corrected chi connectivity index (χ0v) is 20.9. The van der Waals surface area contributed by atoms with Crippen molar-refractivity contribution in [1.82, 2.24) is 15.0 Å². The topological polar surface area (TPSA) is 101 Å². The van der Waals surface area contributed by atoms with E-state index in [0.29, 0.717) is 65.5 Å². The Hall–Kier alpha value is -4.07. The molecular weight excluding hydrogens is 470 g/mol. The maximum atomic E-state index is 13.4. The molecule has 2 amide bonds. The van der Waals surface area contributed by atoms with Gasteiger partial charge in [0.05, 0.1) is 5.69 Å². The van der Waals surface area contributed by atoms with Crippen molar-refractivity contribution in [2.75, 3.05) is 26.2 Å². The molecule has 0 bridgehead atoms. The normalized spacial score (nSPS) is 18.2. The zero-order valence-electron chi connectivity index (χ0n) is 20.9. The Bertz CT molecular complexity index is 1460. The van der Waals surface area contributed by atoms with E-state index in [2.05, 4.69) is 5.16 Å². The van der Waals surface area contributed by atoms with E-state index in [-0.39, 0.29) is 34.4 Å². The highest BCUT2D eigenvalue weighted by molar-refractivity contribution is 6.28. The number of piperidine rings is 1. The number of aromatic nitrogens is 1. The van der Waals surface area contributed by atoms with E-state index in [4.69, 9.17) is 4.52 Å². The van der Waals surface area contributed by atoms with Gasteiger partial charge in [0.2, 0.25) is 0 Å². The number of carbonyl (C=O) groups is 4. The Labute approximate surface area is 214 Å². The fraction of sp³-hybridized carbons (Fsp3) is 0.345. The average molecular weight is 498 g/mol. The fourth-order valence-electron chi connectivity index (χ4n) is 6.06. The maximum absolute atomic E-state index is 13.4. The van der Waals surface area contributed by atoms with Gasteiger partial charge in [-0.25, -0.2) is 0 Å². The summed E-state index contributed by atoms with van der Waals surface area (Å²) in [5.41, 5.74) is 2.95. The number of amides is 2. The first-order chi connectivity index (χ1) is 17.8. The number of nitrogens with zero attached hydrogens (tertiary/aromatic N) is 3. The van der Waals surface area contributed by atoms with Gasteiger partial charge in [-0.1, -0.05) is 29.4 Å². The molecule has 0 saturated carbocycles. The first-order valence-electron chi connectivity index (χ1n) is 12.6. The molecule has 0 atom stereocenters. The van der Waals surface area contributed by atoms with E-state index < -0.39 is 0 Å². The van der Waals surface area contributed by atoms with Gasteiger partial charge < -0.3 is 14.3 Å². The van der Waals surface area contributed by atoms with Crippen LogP contribution in [0.15, 0.2) is 47.0 Å². The van der Waals surface area contributed by atoms with Crippen LogP contribution in [0.2, 0.25) is 0 Å². The first kappa shape index (κ1) is 23.3. The van der Waals surface area contributed by atoms with Crippen molar-refractivity contribution in [3.05, 3.63) is 87.3 Å². The predicted octanol–water partition coefficient (Wildman–Crippen LogP) is 3.84. The molecule has 0 unspecified atom stereocenters. The molecule has 0 radical (unpaired) electrons. The van der Waals surface area contributed by atoms with Crippen LogP contribution >= 0.6 is 0 Å². The van der Waals surface area contributed by atoms with Crippen molar-refractivity contribution in [3.8, 4) is 0 Å². The number of ketones is 2. The van der Waals surface area contributed by atoms with Gasteiger partial charge in [-0.15, -0.1) is 0 Å². The number of benzene rings is 2. The molecule has 3 heterocycles. The molecule has 6 rings (SSSR count). The summed E-state index contributed by atoms with van der Waals surface area (Å²) in [6, 6.07) is 11.6. The molecular formula is C29H27N3O5. The van der Waals surface area contributed by atoms with Crippen LogP contribution in [0.4, 0.5) is 0 Å². The lowest BCUT2D eigenvalue weighted by molar-refractivity contribution is 0.0563. The van der Waals surface area contributed by atoms with E-state index >= 15 is 0 Å². The van der Waals surface area contributed by atoms with Crippen LogP contribution in [0.25, 0.3) is 0 Å². The number of hydrogen-bond donors (Lipinski definition) is 0. The van der Waals surface area contributed by atoms with Gasteiger partial charge in [-0.2, -0.15) is 0 Å². The van der Waals surface area contributed by atoms with E-state index in [0.717, 1.165) is 19.3 Å². The highest BCUT2D eigenvalue weighted by Gasteiger charge is 2.43. The number of likely N-dealkylation sites (tertiary alicyclic amines) is 2. The lowest BCUT2D eigenvalue weighted by Crippen LogP contribution is -2.45. The molecule has 8 heteroatoms. The lowest BCUT2D eigenvalue weighted by Gasteiger charge is -2.39. The molecule has 3 aromatic rings. The largest absolute Gasteiger partial charge is 0.361 e. The number of carbonyl (C=O) groups excluding carboxylic acids is 4. The molecule has 1 spiro atoms. The van der Waals surface area contributed by atoms with Crippen LogP contribution in [0, 0.1) is 19.3 Å². The van der Waals surface area contributed by atoms with E-state index in [1.807, 2.05) is 9.80 Å². The predicted molar refractivity (Wildman–Crippen MR) is 134 cm³/mol. The van der Waals surface area contributed by atoms with Gasteiger partial charge in [0.15, 0.2) is 11.6 Å². The molecule has 0 N–H and O–H groups in total. The fourth-order valence-corrected chi connectivity index (χ4v) is 6.06. The molecule has 2 saturated heterocycles. The molecule has 2 aromatic carbocycles. The monoisotopic (exact) mass is 497 g/mol. The Morgan fingerprint density at radius 2 is 1.41 bits per heavy atom. The van der Waals surface area contributed by atoms with Crippen LogP contribution in [0.3, 0.4) is 0 Å². The second-order valence-corrected chi connectivity index (χ2v) is 10.4. The summed E-state index contributed by atoms with van der Waals surface area (Å²) in [6.07, 6.45) is 2.52. The van der Waals surface area contributed by atoms with Gasteiger partial charge in [0, 0.05) is 54.0 Å². The van der Waals surface area contributed by atoms with Crippen molar-refractivity contribution in [2.45, 2.75) is 33.1 Å². The van der Waals surface area contributed by atoms with Crippen molar-refractivity contribution in [1.29, 1.82) is 0 Å². The standard InChI is InChI=1S/C29H27N3O5/c1-17-24(18(2)37-30-17)28(36)31-12-9-29(10-13-31)11-14-32(16-29)27(35)19-7-8-22-23(15-19)26(34)21-6-4-3-5-20(21)25(22)33/h3-8,15H,9-14,16H2,1-2H3. The number of rotatable bonds is 2. The molecule has 2 aliphatic heterocycles. The summed E-state index contributed by atoms with van der Waals surface area (Å²) in [4.78, 5) is 56.1. The second-order valence-electron chi connectivity index (χ2n) is 10.4. The molecule has 1 aliphatic carbocycles. The van der Waals surface area contributed by atoms with E-state index in [9.17, 15) is 19.2 Å². The van der Waals surface area contributed by atoms with Crippen molar-refractivity contribution in [3.63, 3.8) is 0 Å². The summed E-state index contributed by atoms with van der Waals surface area (Å²) >= 11 is 0. The van der Waals surface area contributed by atoms with Crippen LogP contribution in [0.1, 0.15) is 83.3 Å². The Morgan fingerprint density at radius 1 is 0.811 bits per heavy atom. The number of hydrogen-bond acceptors (Lipinski definition) is 6. The Morgan fingerprint density at radius 3 is 2.03 bits per heavy atom.